The van der Waals surface area contributed by atoms with Gasteiger partial charge in [-0.1, -0.05) is 42.1 Å². The van der Waals surface area contributed by atoms with E-state index in [9.17, 15) is 4.79 Å². The number of pyridine rings is 1. The molecule has 0 bridgehead atoms. The predicted octanol–water partition coefficient (Wildman–Crippen LogP) is 5.75. The number of rotatable bonds is 4. The molecule has 0 amide bonds. The van der Waals surface area contributed by atoms with Crippen molar-refractivity contribution in [3.05, 3.63) is 88.3 Å². The average Bonchev–Trinajstić information content (AvgIpc) is 3.24. The van der Waals surface area contributed by atoms with Crippen LogP contribution in [-0.2, 0) is 5.75 Å². The molecule has 0 unspecified atom stereocenters. The summed E-state index contributed by atoms with van der Waals surface area (Å²) in [6.45, 7) is 2.07. The highest BCUT2D eigenvalue weighted by Gasteiger charge is 2.15. The monoisotopic (exact) mass is 453 g/mol. The van der Waals surface area contributed by atoms with Gasteiger partial charge in [0.2, 0.25) is 0 Å². The maximum Gasteiger partial charge on any atom is 0.336 e. The fourth-order valence-electron chi connectivity index (χ4n) is 4.40. The van der Waals surface area contributed by atoms with E-state index in [4.69, 9.17) is 9.15 Å². The second-order valence-corrected chi connectivity index (χ2v) is 8.87. The zero-order valence-electron chi connectivity index (χ0n) is 18.0. The first-order chi connectivity index (χ1) is 16.1. The molecule has 0 aliphatic heterocycles. The molecule has 162 valence electrons. The Kier molecular flexibility index (Phi) is 4.58. The maximum absolute atomic E-state index is 12.3. The molecular weight excluding hydrogens is 434 g/mol. The largest absolute Gasteiger partial charge is 0.497 e. The Morgan fingerprint density at radius 3 is 2.76 bits per heavy atom. The predicted molar refractivity (Wildman–Crippen MR) is 131 cm³/mol. The van der Waals surface area contributed by atoms with E-state index >= 15 is 0 Å². The summed E-state index contributed by atoms with van der Waals surface area (Å²) >= 11 is 1.54. The van der Waals surface area contributed by atoms with Crippen LogP contribution in [0.25, 0.3) is 38.3 Å². The van der Waals surface area contributed by atoms with Gasteiger partial charge in [-0.05, 0) is 53.1 Å². The van der Waals surface area contributed by atoms with Gasteiger partial charge < -0.3 is 9.15 Å². The van der Waals surface area contributed by atoms with Gasteiger partial charge in [-0.15, -0.1) is 10.2 Å². The van der Waals surface area contributed by atoms with Crippen LogP contribution in [0.1, 0.15) is 11.1 Å². The van der Waals surface area contributed by atoms with Crippen molar-refractivity contribution in [3.8, 4) is 5.75 Å². The number of hydrogen-bond donors (Lipinski definition) is 0. The minimum Gasteiger partial charge on any atom is -0.497 e. The molecule has 3 aromatic carbocycles. The number of aryl methyl sites for hydroxylation is 1. The van der Waals surface area contributed by atoms with Crippen molar-refractivity contribution in [2.24, 2.45) is 0 Å². The zero-order chi connectivity index (χ0) is 22.5. The fraction of sp³-hybridized carbons (Fsp3) is 0.115. The second-order valence-electron chi connectivity index (χ2n) is 7.93. The topological polar surface area (TPSA) is 69.6 Å². The van der Waals surface area contributed by atoms with E-state index in [1.54, 1.807) is 24.9 Å². The van der Waals surface area contributed by atoms with Crippen LogP contribution in [-0.4, -0.2) is 21.7 Å². The Morgan fingerprint density at radius 1 is 1.00 bits per heavy atom. The molecule has 0 saturated heterocycles. The Hall–Kier alpha value is -3.84. The molecule has 0 radical (unpaired) electrons. The molecular formula is C26H19N3O3S. The molecule has 33 heavy (non-hydrogen) atoms. The lowest BCUT2D eigenvalue weighted by Gasteiger charge is -2.10. The molecule has 0 spiro atoms. The molecule has 0 N–H and O–H groups in total. The third kappa shape index (κ3) is 3.24. The summed E-state index contributed by atoms with van der Waals surface area (Å²) in [6, 6.07) is 21.6. The first kappa shape index (κ1) is 19.8. The molecule has 3 aromatic heterocycles. The van der Waals surface area contributed by atoms with Crippen molar-refractivity contribution in [2.75, 3.05) is 7.11 Å². The van der Waals surface area contributed by atoms with Crippen molar-refractivity contribution in [3.63, 3.8) is 0 Å². The van der Waals surface area contributed by atoms with Gasteiger partial charge in [0.05, 0.1) is 12.6 Å². The highest BCUT2D eigenvalue weighted by Crippen LogP contribution is 2.33. The minimum atomic E-state index is -0.356. The molecule has 6 aromatic rings. The first-order valence-electron chi connectivity index (χ1n) is 10.5. The first-order valence-corrected chi connectivity index (χ1v) is 11.5. The molecule has 6 rings (SSSR count). The van der Waals surface area contributed by atoms with E-state index < -0.39 is 0 Å². The third-order valence-electron chi connectivity index (χ3n) is 5.95. The smallest absolute Gasteiger partial charge is 0.336 e. The molecule has 0 aliphatic carbocycles. The summed E-state index contributed by atoms with van der Waals surface area (Å²) in [7, 11) is 1.66. The Labute approximate surface area is 192 Å². The number of nitrogens with zero attached hydrogens (tertiary/aromatic N) is 3. The van der Waals surface area contributed by atoms with Crippen molar-refractivity contribution >= 4 is 50.1 Å². The van der Waals surface area contributed by atoms with Gasteiger partial charge >= 0.3 is 5.63 Å². The number of aromatic nitrogens is 3. The van der Waals surface area contributed by atoms with Crippen molar-refractivity contribution in [2.45, 2.75) is 17.8 Å². The van der Waals surface area contributed by atoms with E-state index in [2.05, 4.69) is 35.3 Å². The second kappa shape index (κ2) is 7.64. The summed E-state index contributed by atoms with van der Waals surface area (Å²) in [5, 5.41) is 13.8. The van der Waals surface area contributed by atoms with Crippen LogP contribution in [0.5, 0.6) is 5.75 Å². The number of benzene rings is 3. The van der Waals surface area contributed by atoms with E-state index in [0.717, 1.165) is 54.7 Å². The third-order valence-corrected chi connectivity index (χ3v) is 6.92. The van der Waals surface area contributed by atoms with Gasteiger partial charge in [0, 0.05) is 28.7 Å². The van der Waals surface area contributed by atoms with Crippen LogP contribution >= 0.6 is 11.8 Å². The molecule has 0 aliphatic rings. The molecule has 0 atom stereocenters. The average molecular weight is 454 g/mol. The molecule has 6 nitrogen and oxygen atoms in total. The van der Waals surface area contributed by atoms with Crippen LogP contribution in [0.15, 0.2) is 81.1 Å². The molecule has 0 fully saturated rings. The number of ether oxygens (including phenoxy) is 1. The lowest BCUT2D eigenvalue weighted by atomic mass is 10.0. The van der Waals surface area contributed by atoms with Gasteiger partial charge in [-0.3, -0.25) is 4.40 Å². The standard InChI is InChI=1S/C26H19N3O3S/c1-15-11-23-27-28-26(29(23)21-13-18(31-2)8-9-19(15)21)33-14-17-12-24(30)32-22-10-7-16-5-3-4-6-20(16)25(17)22/h3-13H,14H2,1-2H3. The summed E-state index contributed by atoms with van der Waals surface area (Å²) in [5.74, 6) is 1.33. The van der Waals surface area contributed by atoms with Gasteiger partial charge in [0.15, 0.2) is 10.8 Å². The Bertz CT molecular complexity index is 1750. The van der Waals surface area contributed by atoms with Crippen molar-refractivity contribution in [1.82, 2.24) is 14.6 Å². The highest BCUT2D eigenvalue weighted by atomic mass is 32.2. The molecule has 0 saturated carbocycles. The molecule has 3 heterocycles. The van der Waals surface area contributed by atoms with Crippen molar-refractivity contribution < 1.29 is 9.15 Å². The Balaban J connectivity index is 1.50. The number of fused-ring (bicyclic) bond motifs is 6. The van der Waals surface area contributed by atoms with Crippen LogP contribution in [0.3, 0.4) is 0 Å². The normalized spacial score (nSPS) is 11.7. The van der Waals surface area contributed by atoms with E-state index in [1.807, 2.05) is 46.9 Å². The van der Waals surface area contributed by atoms with E-state index in [1.165, 1.54) is 0 Å². The maximum atomic E-state index is 12.3. The van der Waals surface area contributed by atoms with Crippen LogP contribution in [0, 0.1) is 6.92 Å². The van der Waals surface area contributed by atoms with E-state index in [0.29, 0.717) is 11.3 Å². The molecule has 7 heteroatoms. The summed E-state index contributed by atoms with van der Waals surface area (Å²) in [5.41, 5.74) is 4.04. The van der Waals surface area contributed by atoms with Crippen LogP contribution in [0.2, 0.25) is 0 Å². The fourth-order valence-corrected chi connectivity index (χ4v) is 5.33. The quantitative estimate of drug-likeness (QED) is 0.192. The lowest BCUT2D eigenvalue weighted by molar-refractivity contribution is 0.415. The highest BCUT2D eigenvalue weighted by molar-refractivity contribution is 7.98. The SMILES string of the molecule is COc1ccc2c(C)cc3nnc(SCc4cc(=O)oc5ccc6ccccc6c45)n3c2c1. The number of methoxy groups -OCH3 is 1. The number of thioether (sulfide) groups is 1. The number of hydrogen-bond acceptors (Lipinski definition) is 6. The summed E-state index contributed by atoms with van der Waals surface area (Å²) < 4.78 is 13.0. The van der Waals surface area contributed by atoms with Gasteiger partial charge in [0.1, 0.15) is 11.3 Å². The van der Waals surface area contributed by atoms with Crippen LogP contribution < -0.4 is 10.4 Å². The lowest BCUT2D eigenvalue weighted by Crippen LogP contribution is -2.01. The summed E-state index contributed by atoms with van der Waals surface area (Å²) in [6.07, 6.45) is 0. The Morgan fingerprint density at radius 2 is 1.88 bits per heavy atom. The van der Waals surface area contributed by atoms with Gasteiger partial charge in [-0.25, -0.2) is 4.79 Å². The summed E-state index contributed by atoms with van der Waals surface area (Å²) in [4.78, 5) is 12.3. The van der Waals surface area contributed by atoms with E-state index in [-0.39, 0.29) is 5.63 Å². The van der Waals surface area contributed by atoms with Gasteiger partial charge in [-0.2, -0.15) is 0 Å². The van der Waals surface area contributed by atoms with Gasteiger partial charge in [0.25, 0.3) is 0 Å². The van der Waals surface area contributed by atoms with Crippen LogP contribution in [0.4, 0.5) is 0 Å². The van der Waals surface area contributed by atoms with Crippen molar-refractivity contribution in [1.29, 1.82) is 0 Å². The minimum absolute atomic E-state index is 0.356. The zero-order valence-corrected chi connectivity index (χ0v) is 18.8.